The van der Waals surface area contributed by atoms with Crippen LogP contribution in [0.15, 0.2) is 53.6 Å². The first-order chi connectivity index (χ1) is 14.9. The van der Waals surface area contributed by atoms with Gasteiger partial charge in [0.25, 0.3) is 0 Å². The molecule has 0 aliphatic rings. The zero-order chi connectivity index (χ0) is 22.3. The van der Waals surface area contributed by atoms with Gasteiger partial charge in [0, 0.05) is 25.4 Å². The molecular formula is C20H24N6O4S. The van der Waals surface area contributed by atoms with Gasteiger partial charge in [-0.3, -0.25) is 0 Å². The average Bonchev–Trinajstić information content (AvgIpc) is 2.77. The Labute approximate surface area is 181 Å². The van der Waals surface area contributed by atoms with Crippen molar-refractivity contribution in [2.75, 3.05) is 37.9 Å². The van der Waals surface area contributed by atoms with E-state index in [1.807, 2.05) is 19.1 Å². The van der Waals surface area contributed by atoms with Gasteiger partial charge in [0.05, 0.1) is 14.2 Å². The van der Waals surface area contributed by atoms with Crippen LogP contribution >= 0.6 is 0 Å². The topological polar surface area (TPSA) is 127 Å². The first kappa shape index (κ1) is 22.2. The van der Waals surface area contributed by atoms with E-state index in [1.165, 1.54) is 20.3 Å². The summed E-state index contributed by atoms with van der Waals surface area (Å²) in [5, 5.41) is 14.3. The third kappa shape index (κ3) is 6.03. The summed E-state index contributed by atoms with van der Waals surface area (Å²) >= 11 is 0. The molecule has 10 nitrogen and oxygen atoms in total. The molecule has 0 amide bonds. The van der Waals surface area contributed by atoms with Crippen molar-refractivity contribution < 1.29 is 17.9 Å². The number of sulfonamides is 1. The molecule has 0 saturated carbocycles. The number of anilines is 3. The van der Waals surface area contributed by atoms with Gasteiger partial charge >= 0.3 is 0 Å². The van der Waals surface area contributed by atoms with E-state index in [0.29, 0.717) is 29.7 Å². The van der Waals surface area contributed by atoms with E-state index in [2.05, 4.69) is 30.5 Å². The van der Waals surface area contributed by atoms with Gasteiger partial charge in [-0.1, -0.05) is 0 Å². The first-order valence-corrected chi connectivity index (χ1v) is 10.9. The van der Waals surface area contributed by atoms with E-state index < -0.39 is 10.0 Å². The highest BCUT2D eigenvalue weighted by Crippen LogP contribution is 2.27. The van der Waals surface area contributed by atoms with Crippen molar-refractivity contribution >= 4 is 27.5 Å². The Balaban J connectivity index is 1.53. The molecule has 164 valence electrons. The molecule has 0 atom stereocenters. The minimum atomic E-state index is -3.78. The number of aromatic nitrogens is 3. The zero-order valence-corrected chi connectivity index (χ0v) is 18.2. The van der Waals surface area contributed by atoms with E-state index in [-0.39, 0.29) is 17.2 Å². The predicted molar refractivity (Wildman–Crippen MR) is 118 cm³/mol. The van der Waals surface area contributed by atoms with Gasteiger partial charge in [-0.2, -0.15) is 0 Å². The van der Waals surface area contributed by atoms with Crippen LogP contribution < -0.4 is 24.8 Å². The molecule has 3 aromatic rings. The molecule has 0 fully saturated rings. The van der Waals surface area contributed by atoms with Gasteiger partial charge in [-0.05, 0) is 48.9 Å². The summed E-state index contributed by atoms with van der Waals surface area (Å²) in [6.45, 7) is 2.42. The third-order valence-corrected chi connectivity index (χ3v) is 5.70. The molecule has 0 aliphatic heterocycles. The number of aryl methyl sites for hydroxylation is 1. The number of pyridine rings is 1. The number of hydrogen-bond acceptors (Lipinski definition) is 9. The Hall–Kier alpha value is -3.44. The highest BCUT2D eigenvalue weighted by atomic mass is 32.2. The number of ether oxygens (including phenoxy) is 2. The van der Waals surface area contributed by atoms with Crippen molar-refractivity contribution in [1.82, 2.24) is 19.9 Å². The van der Waals surface area contributed by atoms with Crippen molar-refractivity contribution in [1.29, 1.82) is 0 Å². The van der Waals surface area contributed by atoms with Crippen LogP contribution in [0.1, 0.15) is 5.56 Å². The minimum Gasteiger partial charge on any atom is -0.497 e. The lowest BCUT2D eigenvalue weighted by atomic mass is 10.3. The van der Waals surface area contributed by atoms with Gasteiger partial charge in [-0.25, -0.2) is 18.1 Å². The highest BCUT2D eigenvalue weighted by molar-refractivity contribution is 7.89. The fourth-order valence-corrected chi connectivity index (χ4v) is 3.89. The summed E-state index contributed by atoms with van der Waals surface area (Å²) in [4.78, 5) is 4.22. The summed E-state index contributed by atoms with van der Waals surface area (Å²) in [7, 11) is -0.905. The lowest BCUT2D eigenvalue weighted by Crippen LogP contribution is -2.29. The molecule has 0 unspecified atom stereocenters. The van der Waals surface area contributed by atoms with E-state index >= 15 is 0 Å². The van der Waals surface area contributed by atoms with Crippen LogP contribution in [0, 0.1) is 6.92 Å². The van der Waals surface area contributed by atoms with Crippen LogP contribution in [0.4, 0.5) is 17.5 Å². The molecular weight excluding hydrogens is 420 g/mol. The lowest BCUT2D eigenvalue weighted by molar-refractivity contribution is 0.392. The maximum absolute atomic E-state index is 12.6. The average molecular weight is 445 g/mol. The van der Waals surface area contributed by atoms with Gasteiger partial charge in [0.15, 0.2) is 5.82 Å². The Morgan fingerprint density at radius 3 is 2.35 bits per heavy atom. The van der Waals surface area contributed by atoms with E-state index in [0.717, 1.165) is 5.56 Å². The molecule has 31 heavy (non-hydrogen) atoms. The second-order valence-electron chi connectivity index (χ2n) is 6.49. The van der Waals surface area contributed by atoms with Crippen molar-refractivity contribution in [3.05, 3.63) is 54.2 Å². The fraction of sp³-hybridized carbons (Fsp3) is 0.250. The molecule has 2 heterocycles. The lowest BCUT2D eigenvalue weighted by Gasteiger charge is -2.12. The number of benzene rings is 1. The summed E-state index contributed by atoms with van der Waals surface area (Å²) in [6, 6.07) is 11.9. The maximum atomic E-state index is 12.6. The van der Waals surface area contributed by atoms with Gasteiger partial charge < -0.3 is 20.1 Å². The van der Waals surface area contributed by atoms with Crippen molar-refractivity contribution in [2.24, 2.45) is 0 Å². The fourth-order valence-electron chi connectivity index (χ4n) is 2.68. The Morgan fingerprint density at radius 1 is 0.903 bits per heavy atom. The molecule has 0 bridgehead atoms. The Kier molecular flexibility index (Phi) is 7.21. The number of methoxy groups -OCH3 is 2. The standard InChI is InChI=1S/C20H24N6O4S/c1-14-8-9-21-20(12-14)24-19-7-6-18(25-26-19)22-10-11-23-31(27,28)17-13-15(29-2)4-5-16(17)30-3/h4-9,12-13,23H,10-11H2,1-3H3,(H,22,25)(H,21,24,26). The molecule has 1 aromatic carbocycles. The molecule has 2 aromatic heterocycles. The largest absolute Gasteiger partial charge is 0.497 e. The highest BCUT2D eigenvalue weighted by Gasteiger charge is 2.20. The first-order valence-electron chi connectivity index (χ1n) is 9.40. The van der Waals surface area contributed by atoms with Gasteiger partial charge in [0.1, 0.15) is 28.0 Å². The van der Waals surface area contributed by atoms with Crippen LogP contribution in [-0.2, 0) is 10.0 Å². The maximum Gasteiger partial charge on any atom is 0.244 e. The Morgan fingerprint density at radius 2 is 1.68 bits per heavy atom. The number of rotatable bonds is 10. The number of nitrogens with one attached hydrogen (secondary N) is 3. The third-order valence-electron chi connectivity index (χ3n) is 4.22. The molecule has 3 rings (SSSR count). The smallest absolute Gasteiger partial charge is 0.244 e. The monoisotopic (exact) mass is 444 g/mol. The second kappa shape index (κ2) is 10.0. The predicted octanol–water partition coefficient (Wildman–Crippen LogP) is 2.33. The van der Waals surface area contributed by atoms with Crippen LogP contribution in [0.5, 0.6) is 11.5 Å². The van der Waals surface area contributed by atoms with Crippen LogP contribution in [-0.4, -0.2) is 50.9 Å². The summed E-state index contributed by atoms with van der Waals surface area (Å²) < 4.78 is 38.0. The van der Waals surface area contributed by atoms with E-state index in [9.17, 15) is 8.42 Å². The van der Waals surface area contributed by atoms with Crippen molar-refractivity contribution in [2.45, 2.75) is 11.8 Å². The van der Waals surface area contributed by atoms with Crippen molar-refractivity contribution in [3.8, 4) is 11.5 Å². The normalized spacial score (nSPS) is 11.1. The summed E-state index contributed by atoms with van der Waals surface area (Å²) in [5.41, 5.74) is 1.08. The quantitative estimate of drug-likeness (QED) is 0.404. The Bertz CT molecular complexity index is 1120. The minimum absolute atomic E-state index is 0.00864. The number of hydrogen-bond donors (Lipinski definition) is 3. The second-order valence-corrected chi connectivity index (χ2v) is 8.22. The van der Waals surface area contributed by atoms with E-state index in [4.69, 9.17) is 9.47 Å². The molecule has 11 heteroatoms. The van der Waals surface area contributed by atoms with Crippen LogP contribution in [0.2, 0.25) is 0 Å². The molecule has 0 radical (unpaired) electrons. The molecule has 0 spiro atoms. The summed E-state index contributed by atoms with van der Waals surface area (Å²) in [5.74, 6) is 2.40. The van der Waals surface area contributed by atoms with Gasteiger partial charge in [0.2, 0.25) is 10.0 Å². The van der Waals surface area contributed by atoms with Crippen LogP contribution in [0.3, 0.4) is 0 Å². The molecule has 3 N–H and O–H groups in total. The summed E-state index contributed by atoms with van der Waals surface area (Å²) in [6.07, 6.45) is 1.71. The number of nitrogens with zero attached hydrogens (tertiary/aromatic N) is 3. The SMILES string of the molecule is COc1ccc(OC)c(S(=O)(=O)NCCNc2ccc(Nc3cc(C)ccn3)nn2)c1. The van der Waals surface area contributed by atoms with Crippen molar-refractivity contribution in [3.63, 3.8) is 0 Å². The molecule has 0 aliphatic carbocycles. The molecule has 0 saturated heterocycles. The van der Waals surface area contributed by atoms with E-state index in [1.54, 1.807) is 30.5 Å². The van der Waals surface area contributed by atoms with Gasteiger partial charge in [-0.15, -0.1) is 10.2 Å². The zero-order valence-electron chi connectivity index (χ0n) is 17.4. The van der Waals surface area contributed by atoms with Crippen LogP contribution in [0.25, 0.3) is 0 Å².